The van der Waals surface area contributed by atoms with Crippen molar-refractivity contribution < 1.29 is 13.2 Å². The van der Waals surface area contributed by atoms with E-state index in [9.17, 15) is 13.2 Å². The molecule has 0 aliphatic heterocycles. The number of carbonyl (C=O) groups excluding carboxylic acids is 1. The van der Waals surface area contributed by atoms with E-state index in [2.05, 4.69) is 10.5 Å². The molecule has 0 aliphatic carbocycles. The Hall–Kier alpha value is -3.59. The van der Waals surface area contributed by atoms with Crippen molar-refractivity contribution in [3.05, 3.63) is 111 Å². The number of hydrogen-bond donors (Lipinski definition) is 1. The van der Waals surface area contributed by atoms with Crippen LogP contribution >= 0.6 is 23.2 Å². The quantitative estimate of drug-likeness (QED) is 0.194. The largest absolute Gasteiger partial charge is 0.318 e. The summed E-state index contributed by atoms with van der Waals surface area (Å²) in [5, 5.41) is 5.15. The van der Waals surface area contributed by atoms with E-state index in [1.807, 2.05) is 49.6 Å². The number of hydrazone groups is 1. The average molecular weight is 584 g/mol. The molecule has 4 aromatic rings. The second kappa shape index (κ2) is 11.7. The van der Waals surface area contributed by atoms with Crippen LogP contribution in [0.15, 0.2) is 82.8 Å². The highest BCUT2D eigenvalue weighted by molar-refractivity contribution is 7.92. The van der Waals surface area contributed by atoms with Crippen LogP contribution in [0, 0.1) is 27.7 Å². The molecular formula is C29H28Cl2N4O3S. The van der Waals surface area contributed by atoms with E-state index in [-0.39, 0.29) is 4.90 Å². The van der Waals surface area contributed by atoms with Crippen LogP contribution in [-0.2, 0) is 14.8 Å². The van der Waals surface area contributed by atoms with E-state index < -0.39 is 22.5 Å². The summed E-state index contributed by atoms with van der Waals surface area (Å²) < 4.78 is 30.2. The molecule has 10 heteroatoms. The summed E-state index contributed by atoms with van der Waals surface area (Å²) >= 11 is 12.4. The minimum absolute atomic E-state index is 0.0983. The molecule has 7 nitrogen and oxygen atoms in total. The molecule has 1 N–H and O–H groups in total. The van der Waals surface area contributed by atoms with E-state index in [0.29, 0.717) is 15.7 Å². The maximum Gasteiger partial charge on any atom is 0.264 e. The third kappa shape index (κ3) is 6.36. The molecule has 4 rings (SSSR count). The van der Waals surface area contributed by atoms with Gasteiger partial charge < -0.3 is 4.57 Å². The van der Waals surface area contributed by atoms with E-state index in [0.717, 1.165) is 38.1 Å². The van der Waals surface area contributed by atoms with E-state index in [1.54, 1.807) is 43.3 Å². The minimum Gasteiger partial charge on any atom is -0.318 e. The molecule has 0 saturated heterocycles. The summed E-state index contributed by atoms with van der Waals surface area (Å²) in [6.45, 7) is 7.08. The summed E-state index contributed by atoms with van der Waals surface area (Å²) in [4.78, 5) is 13.0. The van der Waals surface area contributed by atoms with Crippen LogP contribution < -0.4 is 9.73 Å². The lowest BCUT2D eigenvalue weighted by molar-refractivity contribution is -0.119. The number of nitrogens with zero attached hydrogens (tertiary/aromatic N) is 3. The minimum atomic E-state index is -4.02. The molecular weight excluding hydrogens is 555 g/mol. The number of sulfonamides is 1. The molecule has 0 bridgehead atoms. The molecule has 0 radical (unpaired) electrons. The smallest absolute Gasteiger partial charge is 0.264 e. The molecule has 1 heterocycles. The Morgan fingerprint density at radius 3 is 2.23 bits per heavy atom. The van der Waals surface area contributed by atoms with Crippen LogP contribution in [-0.4, -0.2) is 31.7 Å². The number of rotatable bonds is 8. The Bertz CT molecular complexity index is 1640. The van der Waals surface area contributed by atoms with E-state index in [4.69, 9.17) is 23.2 Å². The zero-order valence-electron chi connectivity index (χ0n) is 21.9. The van der Waals surface area contributed by atoms with Crippen molar-refractivity contribution in [3.63, 3.8) is 0 Å². The van der Waals surface area contributed by atoms with Crippen molar-refractivity contribution in [2.45, 2.75) is 32.6 Å². The number of aromatic nitrogens is 1. The van der Waals surface area contributed by atoms with Crippen LogP contribution in [0.25, 0.3) is 5.69 Å². The molecule has 1 aromatic heterocycles. The lowest BCUT2D eigenvalue weighted by atomic mass is 10.2. The number of para-hydroxylation sites is 1. The fourth-order valence-electron chi connectivity index (χ4n) is 4.30. The predicted molar refractivity (Wildman–Crippen MR) is 158 cm³/mol. The number of nitrogens with one attached hydrogen (secondary N) is 1. The summed E-state index contributed by atoms with van der Waals surface area (Å²) in [6.07, 6.45) is 1.52. The molecule has 0 saturated carbocycles. The molecule has 202 valence electrons. The molecule has 3 aromatic carbocycles. The first kappa shape index (κ1) is 28.4. The molecule has 0 spiro atoms. The highest BCUT2D eigenvalue weighted by atomic mass is 35.5. The van der Waals surface area contributed by atoms with Gasteiger partial charge in [0.1, 0.15) is 6.54 Å². The lowest BCUT2D eigenvalue weighted by Crippen LogP contribution is -2.40. The Balaban J connectivity index is 1.57. The van der Waals surface area contributed by atoms with Gasteiger partial charge in [0.05, 0.1) is 16.8 Å². The standard InChI is InChI=1S/C29H28Cl2N4O3S/c1-19-9-11-27(12-10-19)39(37,38)34(28-8-6-5-7-20(28)2)18-29(36)33-32-17-23-13-21(3)35(22(23)4)26-15-24(30)14-25(31)16-26/h5-17H,18H2,1-4H3,(H,33,36)/b32-17+. The number of anilines is 1. The predicted octanol–water partition coefficient (Wildman–Crippen LogP) is 6.36. The Morgan fingerprint density at radius 1 is 0.949 bits per heavy atom. The molecule has 0 atom stereocenters. The van der Waals surface area contributed by atoms with Crippen molar-refractivity contribution in [3.8, 4) is 5.69 Å². The maximum atomic E-state index is 13.6. The van der Waals surface area contributed by atoms with Gasteiger partial charge in [0.15, 0.2) is 0 Å². The van der Waals surface area contributed by atoms with Gasteiger partial charge in [-0.2, -0.15) is 5.10 Å². The Kier molecular flexibility index (Phi) is 8.49. The number of aryl methyl sites for hydroxylation is 3. The normalized spacial score (nSPS) is 11.6. The number of hydrogen-bond acceptors (Lipinski definition) is 4. The van der Waals surface area contributed by atoms with Gasteiger partial charge in [0, 0.05) is 32.7 Å². The average Bonchev–Trinajstić information content (AvgIpc) is 3.15. The third-order valence-corrected chi connectivity index (χ3v) is 8.46. The van der Waals surface area contributed by atoms with Gasteiger partial charge in [0.2, 0.25) is 0 Å². The SMILES string of the molecule is Cc1ccc(S(=O)(=O)N(CC(=O)N/N=C/c2cc(C)n(-c3cc(Cl)cc(Cl)c3)c2C)c2ccccc2C)cc1. The van der Waals surface area contributed by atoms with Crippen LogP contribution in [0.2, 0.25) is 10.0 Å². The van der Waals surface area contributed by atoms with Gasteiger partial charge >= 0.3 is 0 Å². The zero-order valence-corrected chi connectivity index (χ0v) is 24.3. The first-order chi connectivity index (χ1) is 18.5. The Morgan fingerprint density at radius 2 is 1.59 bits per heavy atom. The monoisotopic (exact) mass is 582 g/mol. The molecule has 0 aliphatic rings. The summed E-state index contributed by atoms with van der Waals surface area (Å²) in [5.41, 5.74) is 7.91. The van der Waals surface area contributed by atoms with Crippen molar-refractivity contribution in [1.82, 2.24) is 9.99 Å². The van der Waals surface area contributed by atoms with Crippen LogP contribution in [0.1, 0.15) is 28.1 Å². The van der Waals surface area contributed by atoms with Crippen molar-refractivity contribution in [2.75, 3.05) is 10.8 Å². The van der Waals surface area contributed by atoms with Crippen molar-refractivity contribution in [2.24, 2.45) is 5.10 Å². The van der Waals surface area contributed by atoms with E-state index >= 15 is 0 Å². The van der Waals surface area contributed by atoms with Gasteiger partial charge in [-0.3, -0.25) is 9.10 Å². The summed E-state index contributed by atoms with van der Waals surface area (Å²) in [7, 11) is -4.02. The maximum absolute atomic E-state index is 13.6. The topological polar surface area (TPSA) is 83.8 Å². The summed E-state index contributed by atoms with van der Waals surface area (Å²) in [5.74, 6) is -0.583. The van der Waals surface area contributed by atoms with Crippen LogP contribution in [0.3, 0.4) is 0 Å². The fraction of sp³-hybridized carbons (Fsp3) is 0.172. The molecule has 1 amide bonds. The molecule has 0 fully saturated rings. The van der Waals surface area contributed by atoms with Gasteiger partial charge in [-0.25, -0.2) is 13.8 Å². The van der Waals surface area contributed by atoms with Crippen molar-refractivity contribution in [1.29, 1.82) is 0 Å². The number of benzene rings is 3. The zero-order chi connectivity index (χ0) is 28.3. The number of carbonyl (C=O) groups is 1. The first-order valence-electron chi connectivity index (χ1n) is 12.1. The lowest BCUT2D eigenvalue weighted by Gasteiger charge is -2.25. The Labute approximate surface area is 238 Å². The highest BCUT2D eigenvalue weighted by Crippen LogP contribution is 2.28. The van der Waals surface area contributed by atoms with Gasteiger partial charge in [-0.05, 0) is 75.7 Å². The summed E-state index contributed by atoms with van der Waals surface area (Å²) in [6, 6.07) is 20.7. The van der Waals surface area contributed by atoms with Crippen molar-refractivity contribution >= 4 is 51.0 Å². The van der Waals surface area contributed by atoms with Gasteiger partial charge in [-0.1, -0.05) is 59.1 Å². The van der Waals surface area contributed by atoms with E-state index in [1.165, 1.54) is 18.3 Å². The van der Waals surface area contributed by atoms with Gasteiger partial charge in [-0.15, -0.1) is 0 Å². The third-order valence-electron chi connectivity index (χ3n) is 6.25. The second-order valence-electron chi connectivity index (χ2n) is 9.19. The van der Waals surface area contributed by atoms with Gasteiger partial charge in [0.25, 0.3) is 15.9 Å². The number of amides is 1. The number of halogens is 2. The molecule has 0 unspecified atom stereocenters. The second-order valence-corrected chi connectivity index (χ2v) is 11.9. The van der Waals surface area contributed by atoms with Crippen LogP contribution in [0.5, 0.6) is 0 Å². The first-order valence-corrected chi connectivity index (χ1v) is 14.3. The van der Waals surface area contributed by atoms with Crippen LogP contribution in [0.4, 0.5) is 5.69 Å². The molecule has 39 heavy (non-hydrogen) atoms. The highest BCUT2D eigenvalue weighted by Gasteiger charge is 2.28. The fourth-order valence-corrected chi connectivity index (χ4v) is 6.30.